The highest BCUT2D eigenvalue weighted by atomic mass is 15.0. The van der Waals surface area contributed by atoms with Crippen LogP contribution in [0.5, 0.6) is 0 Å². The molecule has 3 rings (SSSR count). The van der Waals surface area contributed by atoms with Crippen molar-refractivity contribution in [1.82, 2.24) is 0 Å². The van der Waals surface area contributed by atoms with Gasteiger partial charge in [0.1, 0.15) is 0 Å². The fourth-order valence-electron chi connectivity index (χ4n) is 3.18. The molecule has 0 aliphatic carbocycles. The number of rotatable bonds is 2. The summed E-state index contributed by atoms with van der Waals surface area (Å²) in [6, 6.07) is 22.2. The summed E-state index contributed by atoms with van der Waals surface area (Å²) in [5.74, 6) is -0.142. The molecule has 0 aromatic heterocycles. The molecule has 2 aromatic rings. The summed E-state index contributed by atoms with van der Waals surface area (Å²) in [5.41, 5.74) is -0.311. The molecule has 0 bridgehead atoms. The Morgan fingerprint density at radius 3 is 1.79 bits per heavy atom. The molecule has 0 spiro atoms. The first-order chi connectivity index (χ1) is 13.9. The predicted octanol–water partition coefficient (Wildman–Crippen LogP) is 4.29. The van der Waals surface area contributed by atoms with E-state index in [9.17, 15) is 21.0 Å². The van der Waals surface area contributed by atoms with E-state index in [1.165, 1.54) is 0 Å². The zero-order valence-electron chi connectivity index (χ0n) is 16.0. The fourth-order valence-corrected chi connectivity index (χ4v) is 3.18. The summed E-state index contributed by atoms with van der Waals surface area (Å²) in [7, 11) is 0. The van der Waals surface area contributed by atoms with E-state index >= 15 is 0 Å². The summed E-state index contributed by atoms with van der Waals surface area (Å²) in [6.07, 6.45) is -0.142. The molecule has 1 aliphatic heterocycles. The van der Waals surface area contributed by atoms with Gasteiger partial charge in [0, 0.05) is 6.42 Å². The largest absolute Gasteiger partial charge is 0.234 e. The topological polar surface area (TPSA) is 120 Å². The molecule has 0 N–H and O–H groups in total. The van der Waals surface area contributed by atoms with Crippen molar-refractivity contribution < 1.29 is 0 Å². The van der Waals surface area contributed by atoms with Gasteiger partial charge in [-0.15, -0.1) is 0 Å². The molecule has 1 aliphatic rings. The van der Waals surface area contributed by atoms with E-state index in [1.54, 1.807) is 12.1 Å². The van der Waals surface area contributed by atoms with E-state index in [1.807, 2.05) is 74.5 Å². The Morgan fingerprint density at radius 2 is 1.31 bits per heavy atom. The molecular formula is C23H16N6. The maximum Gasteiger partial charge on any atom is 0.234 e. The number of amidine groups is 1. The minimum absolute atomic E-state index is 0.142. The Bertz CT molecular complexity index is 1140. The van der Waals surface area contributed by atoms with E-state index in [-0.39, 0.29) is 12.3 Å². The Balaban J connectivity index is 2.31. The third-order valence-corrected chi connectivity index (χ3v) is 5.02. The quantitative estimate of drug-likeness (QED) is 0.776. The lowest BCUT2D eigenvalue weighted by molar-refractivity contribution is 0.395. The van der Waals surface area contributed by atoms with Crippen LogP contribution in [-0.4, -0.2) is 11.5 Å². The fraction of sp³-hybridized carbons (Fsp3) is 0.217. The molecular weight excluding hydrogens is 360 g/mol. The van der Waals surface area contributed by atoms with Gasteiger partial charge in [-0.3, -0.25) is 0 Å². The number of benzene rings is 2. The van der Waals surface area contributed by atoms with Gasteiger partial charge in [0.05, 0.1) is 35.7 Å². The number of aryl methyl sites for hydroxylation is 2. The lowest BCUT2D eigenvalue weighted by atomic mass is 9.61. The highest BCUT2D eigenvalue weighted by molar-refractivity contribution is 6.14. The Kier molecular flexibility index (Phi) is 4.97. The smallest absolute Gasteiger partial charge is 0.234 e. The third-order valence-electron chi connectivity index (χ3n) is 5.02. The molecule has 0 radical (unpaired) electrons. The van der Waals surface area contributed by atoms with Crippen LogP contribution in [-0.2, 0) is 0 Å². The molecule has 138 valence electrons. The van der Waals surface area contributed by atoms with Crippen LogP contribution >= 0.6 is 0 Å². The highest BCUT2D eigenvalue weighted by Gasteiger charge is 2.61. The van der Waals surface area contributed by atoms with Crippen LogP contribution in [0.4, 0.5) is 5.69 Å². The second-order valence-corrected chi connectivity index (χ2v) is 6.97. The molecule has 1 heterocycles. The van der Waals surface area contributed by atoms with E-state index in [0.717, 1.165) is 11.1 Å². The maximum absolute atomic E-state index is 9.90. The summed E-state index contributed by atoms with van der Waals surface area (Å²) in [6.45, 7) is 3.87. The minimum Gasteiger partial charge on any atom is -0.234 e. The molecule has 0 saturated carbocycles. The van der Waals surface area contributed by atoms with Gasteiger partial charge in [0.2, 0.25) is 5.41 Å². The van der Waals surface area contributed by atoms with Crippen molar-refractivity contribution >= 4 is 17.2 Å². The van der Waals surface area contributed by atoms with Crippen LogP contribution in [0.25, 0.3) is 0 Å². The summed E-state index contributed by atoms with van der Waals surface area (Å²) >= 11 is 0. The van der Waals surface area contributed by atoms with Gasteiger partial charge >= 0.3 is 0 Å². The maximum atomic E-state index is 9.90. The van der Waals surface area contributed by atoms with E-state index in [2.05, 4.69) is 9.98 Å². The van der Waals surface area contributed by atoms with E-state index in [0.29, 0.717) is 17.0 Å². The van der Waals surface area contributed by atoms with Crippen LogP contribution in [0.1, 0.15) is 23.1 Å². The van der Waals surface area contributed by atoms with Crippen LogP contribution < -0.4 is 0 Å². The van der Waals surface area contributed by atoms with Gasteiger partial charge in [-0.2, -0.15) is 21.0 Å². The first kappa shape index (κ1) is 19.5. The van der Waals surface area contributed by atoms with Gasteiger partial charge in [-0.05, 0) is 31.5 Å². The molecule has 6 heteroatoms. The second-order valence-electron chi connectivity index (χ2n) is 6.97. The van der Waals surface area contributed by atoms with Crippen LogP contribution in [0, 0.1) is 70.0 Å². The van der Waals surface area contributed by atoms with Crippen molar-refractivity contribution in [3.8, 4) is 24.3 Å². The first-order valence-corrected chi connectivity index (χ1v) is 8.89. The first-order valence-electron chi connectivity index (χ1n) is 8.89. The average molecular weight is 376 g/mol. The SMILES string of the molecule is Cc1ccc(N=C2N=C(c3ccc(C)cc3)CC(C#N)(C#N)C2(C#N)C#N)cc1. The van der Waals surface area contributed by atoms with Crippen molar-refractivity contribution in [3.05, 3.63) is 65.2 Å². The second kappa shape index (κ2) is 7.40. The van der Waals surface area contributed by atoms with Crippen molar-refractivity contribution in [3.63, 3.8) is 0 Å². The predicted molar refractivity (Wildman–Crippen MR) is 108 cm³/mol. The molecule has 0 amide bonds. The van der Waals surface area contributed by atoms with Gasteiger partial charge < -0.3 is 0 Å². The van der Waals surface area contributed by atoms with Gasteiger partial charge in [-0.1, -0.05) is 47.5 Å². The standard InChI is InChI=1S/C23H16N6/c1-16-3-7-18(8-4-16)20-11-22(12-24,13-25)23(14-26,15-27)21(29-20)28-19-9-5-17(2)6-10-19/h3-10H,11H2,1-2H3. The zero-order chi connectivity index (χ0) is 21.1. The molecule has 0 saturated heterocycles. The Morgan fingerprint density at radius 1 is 0.793 bits per heavy atom. The highest BCUT2D eigenvalue weighted by Crippen LogP contribution is 2.47. The number of hydrogen-bond donors (Lipinski definition) is 0. The monoisotopic (exact) mass is 376 g/mol. The summed E-state index contributed by atoms with van der Waals surface area (Å²) < 4.78 is 0. The lowest BCUT2D eigenvalue weighted by Gasteiger charge is -2.35. The van der Waals surface area contributed by atoms with Gasteiger partial charge in [0.25, 0.3) is 0 Å². The van der Waals surface area contributed by atoms with E-state index < -0.39 is 10.8 Å². The van der Waals surface area contributed by atoms with Crippen molar-refractivity contribution in [2.45, 2.75) is 20.3 Å². The molecule has 2 aromatic carbocycles. The van der Waals surface area contributed by atoms with Gasteiger partial charge in [0.15, 0.2) is 11.3 Å². The van der Waals surface area contributed by atoms with Crippen molar-refractivity contribution in [2.75, 3.05) is 0 Å². The number of hydrogen-bond acceptors (Lipinski definition) is 5. The van der Waals surface area contributed by atoms with Crippen molar-refractivity contribution in [2.24, 2.45) is 20.8 Å². The minimum atomic E-state index is -2.10. The normalized spacial score (nSPS) is 17.9. The van der Waals surface area contributed by atoms with E-state index in [4.69, 9.17) is 0 Å². The lowest BCUT2D eigenvalue weighted by Crippen LogP contribution is -2.48. The third kappa shape index (κ3) is 3.14. The number of aliphatic imine (C=N–C) groups is 2. The molecule has 0 fully saturated rings. The molecule has 0 atom stereocenters. The van der Waals surface area contributed by atoms with Crippen LogP contribution in [0.3, 0.4) is 0 Å². The Labute approximate surface area is 169 Å². The Hall–Kier alpha value is -4.26. The average Bonchev–Trinajstić information content (AvgIpc) is 2.75. The molecule has 0 unspecified atom stereocenters. The van der Waals surface area contributed by atoms with Gasteiger partial charge in [-0.25, -0.2) is 9.98 Å². The molecule has 29 heavy (non-hydrogen) atoms. The number of nitrogens with zero attached hydrogens (tertiary/aromatic N) is 6. The number of nitriles is 4. The summed E-state index contributed by atoms with van der Waals surface area (Å²) in [5, 5.41) is 39.6. The molecule has 6 nitrogen and oxygen atoms in total. The van der Waals surface area contributed by atoms with Crippen LogP contribution in [0.15, 0.2) is 58.5 Å². The summed E-state index contributed by atoms with van der Waals surface area (Å²) in [4.78, 5) is 8.93. The van der Waals surface area contributed by atoms with Crippen molar-refractivity contribution in [1.29, 1.82) is 21.0 Å². The zero-order valence-corrected chi connectivity index (χ0v) is 16.0. The van der Waals surface area contributed by atoms with Crippen LogP contribution in [0.2, 0.25) is 0 Å².